The van der Waals surface area contributed by atoms with Gasteiger partial charge in [-0.15, -0.1) is 0 Å². The Labute approximate surface area is 130 Å². The number of nitrogens with zero attached hydrogens (tertiary/aromatic N) is 2. The number of ether oxygens (including phenoxy) is 1. The number of carbonyl (C=O) groups is 1. The smallest absolute Gasteiger partial charge is 0.220 e. The number of hydrogen-bond acceptors (Lipinski definition) is 4. The van der Waals surface area contributed by atoms with Crippen LogP contribution in [0.25, 0.3) is 0 Å². The number of H-pyrrole nitrogens is 1. The van der Waals surface area contributed by atoms with Crippen molar-refractivity contribution in [2.45, 2.75) is 40.2 Å². The minimum absolute atomic E-state index is 0.00801. The summed E-state index contributed by atoms with van der Waals surface area (Å²) in [4.78, 5) is 16.1. The lowest BCUT2D eigenvalue weighted by molar-refractivity contribution is -0.121. The molecule has 22 heavy (non-hydrogen) atoms. The molecule has 118 valence electrons. The Morgan fingerprint density at radius 2 is 2.23 bits per heavy atom. The van der Waals surface area contributed by atoms with Crippen molar-refractivity contribution < 1.29 is 9.53 Å². The highest BCUT2D eigenvalue weighted by atomic mass is 16.5. The number of nitrogens with one attached hydrogen (secondary N) is 2. The van der Waals surface area contributed by atoms with Gasteiger partial charge in [-0.05, 0) is 32.4 Å². The molecule has 0 radical (unpaired) electrons. The third kappa shape index (κ3) is 4.07. The summed E-state index contributed by atoms with van der Waals surface area (Å²) < 4.78 is 5.44. The van der Waals surface area contributed by atoms with E-state index in [0.29, 0.717) is 31.9 Å². The predicted octanol–water partition coefficient (Wildman–Crippen LogP) is 2.07. The molecular weight excluding hydrogens is 280 g/mol. The molecule has 2 N–H and O–H groups in total. The van der Waals surface area contributed by atoms with Gasteiger partial charge in [0, 0.05) is 36.8 Å². The average molecular weight is 302 g/mol. The number of hydrogen-bond donors (Lipinski definition) is 2. The van der Waals surface area contributed by atoms with E-state index in [1.807, 2.05) is 32.9 Å². The topological polar surface area (TPSA) is 79.9 Å². The minimum Gasteiger partial charge on any atom is -0.478 e. The lowest BCUT2D eigenvalue weighted by Crippen LogP contribution is -2.23. The van der Waals surface area contributed by atoms with Gasteiger partial charge >= 0.3 is 0 Å². The fraction of sp³-hybridized carbons (Fsp3) is 0.438. The first-order chi connectivity index (χ1) is 10.6. The molecule has 0 bridgehead atoms. The average Bonchev–Trinajstić information content (AvgIpc) is 2.84. The van der Waals surface area contributed by atoms with Crippen molar-refractivity contribution in [3.63, 3.8) is 0 Å². The molecule has 0 aliphatic heterocycles. The number of pyridine rings is 1. The third-order valence-corrected chi connectivity index (χ3v) is 3.55. The first-order valence-corrected chi connectivity index (χ1v) is 7.45. The molecule has 0 aliphatic rings. The fourth-order valence-electron chi connectivity index (χ4n) is 2.12. The van der Waals surface area contributed by atoms with Crippen molar-refractivity contribution in [1.29, 1.82) is 0 Å². The second-order valence-corrected chi connectivity index (χ2v) is 5.10. The van der Waals surface area contributed by atoms with Crippen LogP contribution in [0.3, 0.4) is 0 Å². The minimum atomic E-state index is -0.00801. The number of rotatable bonds is 7. The Morgan fingerprint density at radius 1 is 1.41 bits per heavy atom. The van der Waals surface area contributed by atoms with Crippen LogP contribution in [0, 0.1) is 13.8 Å². The molecule has 0 spiro atoms. The fourth-order valence-corrected chi connectivity index (χ4v) is 2.12. The Kier molecular flexibility index (Phi) is 5.52. The highest BCUT2D eigenvalue weighted by Gasteiger charge is 2.10. The zero-order valence-corrected chi connectivity index (χ0v) is 13.3. The molecule has 0 aromatic carbocycles. The van der Waals surface area contributed by atoms with Gasteiger partial charge in [-0.3, -0.25) is 9.89 Å². The van der Waals surface area contributed by atoms with Crippen molar-refractivity contribution in [1.82, 2.24) is 20.5 Å². The van der Waals surface area contributed by atoms with E-state index in [1.54, 1.807) is 6.20 Å². The number of aromatic nitrogens is 3. The molecule has 0 atom stereocenters. The van der Waals surface area contributed by atoms with E-state index in [-0.39, 0.29) is 5.91 Å². The first kappa shape index (κ1) is 16.0. The zero-order valence-electron chi connectivity index (χ0n) is 13.3. The van der Waals surface area contributed by atoms with Crippen molar-refractivity contribution >= 4 is 5.91 Å². The van der Waals surface area contributed by atoms with E-state index in [1.165, 1.54) is 0 Å². The molecule has 0 saturated heterocycles. The number of amides is 1. The molecule has 0 saturated carbocycles. The first-order valence-electron chi connectivity index (χ1n) is 7.45. The number of carbonyl (C=O) groups excluding carboxylic acids is 1. The van der Waals surface area contributed by atoms with E-state index in [9.17, 15) is 4.79 Å². The zero-order chi connectivity index (χ0) is 15.9. The van der Waals surface area contributed by atoms with Gasteiger partial charge in [0.15, 0.2) is 0 Å². The maximum Gasteiger partial charge on any atom is 0.220 e. The van der Waals surface area contributed by atoms with Crippen LogP contribution in [0.1, 0.15) is 35.9 Å². The SMILES string of the molecule is CCOc1ncccc1CNC(=O)CCc1n[nH]c(C)c1C. The monoisotopic (exact) mass is 302 g/mol. The molecule has 2 aromatic rings. The van der Waals surface area contributed by atoms with Crippen LogP contribution in [0.4, 0.5) is 0 Å². The summed E-state index contributed by atoms with van der Waals surface area (Å²) in [6.45, 7) is 6.86. The third-order valence-electron chi connectivity index (χ3n) is 3.55. The van der Waals surface area contributed by atoms with E-state index in [2.05, 4.69) is 20.5 Å². The molecule has 2 aromatic heterocycles. The molecule has 2 rings (SSSR count). The predicted molar refractivity (Wildman–Crippen MR) is 83.6 cm³/mol. The van der Waals surface area contributed by atoms with Crippen LogP contribution >= 0.6 is 0 Å². The standard InChI is InChI=1S/C16H22N4O2/c1-4-22-16-13(6-5-9-17-16)10-18-15(21)8-7-14-11(2)12(3)19-20-14/h5-6,9H,4,7-8,10H2,1-3H3,(H,18,21)(H,19,20). The molecule has 6 nitrogen and oxygen atoms in total. The summed E-state index contributed by atoms with van der Waals surface area (Å²) in [6, 6.07) is 3.74. The van der Waals surface area contributed by atoms with Gasteiger partial charge in [0.1, 0.15) is 0 Å². The molecule has 0 unspecified atom stereocenters. The van der Waals surface area contributed by atoms with Gasteiger partial charge in [-0.25, -0.2) is 4.98 Å². The van der Waals surface area contributed by atoms with Crippen LogP contribution in [-0.4, -0.2) is 27.7 Å². The number of aromatic amines is 1. The normalized spacial score (nSPS) is 10.5. The summed E-state index contributed by atoms with van der Waals surface area (Å²) in [5.74, 6) is 0.565. The summed E-state index contributed by atoms with van der Waals surface area (Å²) in [5.41, 5.74) is 4.00. The van der Waals surface area contributed by atoms with Crippen LogP contribution in [0.5, 0.6) is 5.88 Å². The van der Waals surface area contributed by atoms with E-state index in [4.69, 9.17) is 4.74 Å². The van der Waals surface area contributed by atoms with Gasteiger partial charge in [0.05, 0.1) is 12.3 Å². The lowest BCUT2D eigenvalue weighted by atomic mass is 10.1. The summed E-state index contributed by atoms with van der Waals surface area (Å²) >= 11 is 0. The van der Waals surface area contributed by atoms with Crippen LogP contribution in [0.2, 0.25) is 0 Å². The Hall–Kier alpha value is -2.37. The van der Waals surface area contributed by atoms with Gasteiger partial charge in [-0.1, -0.05) is 6.07 Å². The van der Waals surface area contributed by atoms with Crippen molar-refractivity contribution in [3.8, 4) is 5.88 Å². The molecular formula is C16H22N4O2. The van der Waals surface area contributed by atoms with Crippen molar-refractivity contribution in [3.05, 3.63) is 40.8 Å². The number of aryl methyl sites for hydroxylation is 2. The second kappa shape index (κ2) is 7.59. The van der Waals surface area contributed by atoms with E-state index < -0.39 is 0 Å². The Bertz CT molecular complexity index is 637. The maximum absolute atomic E-state index is 12.0. The van der Waals surface area contributed by atoms with Gasteiger partial charge in [0.25, 0.3) is 0 Å². The summed E-state index contributed by atoms with van der Waals surface area (Å²) in [5, 5.41) is 10.0. The summed E-state index contributed by atoms with van der Waals surface area (Å²) in [7, 11) is 0. The largest absolute Gasteiger partial charge is 0.478 e. The molecule has 1 amide bonds. The lowest BCUT2D eigenvalue weighted by Gasteiger charge is -2.09. The highest BCUT2D eigenvalue weighted by Crippen LogP contribution is 2.14. The van der Waals surface area contributed by atoms with Crippen LogP contribution < -0.4 is 10.1 Å². The highest BCUT2D eigenvalue weighted by molar-refractivity contribution is 5.76. The Balaban J connectivity index is 1.84. The van der Waals surface area contributed by atoms with Crippen molar-refractivity contribution in [2.24, 2.45) is 0 Å². The van der Waals surface area contributed by atoms with Gasteiger partial charge in [0.2, 0.25) is 11.8 Å². The van der Waals surface area contributed by atoms with Crippen LogP contribution in [-0.2, 0) is 17.8 Å². The van der Waals surface area contributed by atoms with E-state index in [0.717, 1.165) is 22.5 Å². The van der Waals surface area contributed by atoms with Gasteiger partial charge in [-0.2, -0.15) is 5.10 Å². The summed E-state index contributed by atoms with van der Waals surface area (Å²) in [6.07, 6.45) is 2.72. The quantitative estimate of drug-likeness (QED) is 0.820. The maximum atomic E-state index is 12.0. The Morgan fingerprint density at radius 3 is 2.91 bits per heavy atom. The van der Waals surface area contributed by atoms with Gasteiger partial charge < -0.3 is 10.1 Å². The van der Waals surface area contributed by atoms with Crippen molar-refractivity contribution in [2.75, 3.05) is 6.61 Å². The molecule has 6 heteroatoms. The van der Waals surface area contributed by atoms with Crippen LogP contribution in [0.15, 0.2) is 18.3 Å². The van der Waals surface area contributed by atoms with E-state index >= 15 is 0 Å². The molecule has 0 aliphatic carbocycles. The molecule has 2 heterocycles. The molecule has 0 fully saturated rings. The second-order valence-electron chi connectivity index (χ2n) is 5.10.